The van der Waals surface area contributed by atoms with Gasteiger partial charge in [0.15, 0.2) is 0 Å². The van der Waals surface area contributed by atoms with Gasteiger partial charge in [-0.25, -0.2) is 0 Å². The molecule has 2 atom stereocenters. The van der Waals surface area contributed by atoms with Crippen LogP contribution in [0.15, 0.2) is 0 Å². The Balaban J connectivity index is 2.66. The van der Waals surface area contributed by atoms with Crippen LogP contribution in [0.3, 0.4) is 0 Å². The van der Waals surface area contributed by atoms with Crippen LogP contribution in [0.4, 0.5) is 0 Å². The molecule has 116 valence electrons. The zero-order valence-electron chi connectivity index (χ0n) is 13.2. The number of ether oxygens (including phenoxy) is 1. The topological polar surface area (TPSA) is 58.6 Å². The van der Waals surface area contributed by atoms with E-state index in [0.29, 0.717) is 19.4 Å². The summed E-state index contributed by atoms with van der Waals surface area (Å²) in [7, 11) is 1.69. The maximum Gasteiger partial charge on any atom is 0.248 e. The lowest BCUT2D eigenvalue weighted by atomic mass is 9.91. The largest absolute Gasteiger partial charge is 0.385 e. The molecule has 0 bridgehead atoms. The van der Waals surface area contributed by atoms with Crippen molar-refractivity contribution in [2.45, 2.75) is 64.5 Å². The van der Waals surface area contributed by atoms with Crippen molar-refractivity contribution in [3.8, 4) is 0 Å². The van der Waals surface area contributed by atoms with Gasteiger partial charge in [0.25, 0.3) is 0 Å². The van der Waals surface area contributed by atoms with Crippen molar-refractivity contribution >= 4 is 11.8 Å². The zero-order valence-corrected chi connectivity index (χ0v) is 13.2. The summed E-state index contributed by atoms with van der Waals surface area (Å²) in [5, 5.41) is 2.88. The highest BCUT2D eigenvalue weighted by Crippen LogP contribution is 2.23. The van der Waals surface area contributed by atoms with Crippen molar-refractivity contribution in [1.29, 1.82) is 0 Å². The fourth-order valence-electron chi connectivity index (χ4n) is 2.62. The molecule has 0 spiro atoms. The van der Waals surface area contributed by atoms with Crippen molar-refractivity contribution in [2.24, 2.45) is 0 Å². The molecule has 1 aliphatic heterocycles. The van der Waals surface area contributed by atoms with Crippen LogP contribution in [0.5, 0.6) is 0 Å². The van der Waals surface area contributed by atoms with Crippen LogP contribution in [0.25, 0.3) is 0 Å². The Kier molecular flexibility index (Phi) is 6.46. The Hall–Kier alpha value is -1.10. The number of nitrogens with zero attached hydrogens (tertiary/aromatic N) is 1. The van der Waals surface area contributed by atoms with Crippen molar-refractivity contribution in [3.63, 3.8) is 0 Å². The molecule has 1 heterocycles. The minimum absolute atomic E-state index is 0.0201. The molecule has 0 aromatic rings. The highest BCUT2D eigenvalue weighted by atomic mass is 16.5. The second kappa shape index (κ2) is 7.62. The smallest absolute Gasteiger partial charge is 0.248 e. The summed E-state index contributed by atoms with van der Waals surface area (Å²) in [6, 6.07) is -0.315. The molecule has 2 amide bonds. The Labute approximate surface area is 122 Å². The van der Waals surface area contributed by atoms with E-state index >= 15 is 0 Å². The maximum absolute atomic E-state index is 12.6. The highest BCUT2D eigenvalue weighted by Gasteiger charge is 2.45. The monoisotopic (exact) mass is 284 g/mol. The summed E-state index contributed by atoms with van der Waals surface area (Å²) in [4.78, 5) is 26.5. The third-order valence-electron chi connectivity index (χ3n) is 4.15. The zero-order chi connectivity index (χ0) is 15.2. The van der Waals surface area contributed by atoms with Gasteiger partial charge < -0.3 is 15.0 Å². The Bertz CT molecular complexity index is 346. The number of hydrogen-bond acceptors (Lipinski definition) is 3. The molecule has 20 heavy (non-hydrogen) atoms. The van der Waals surface area contributed by atoms with Gasteiger partial charge >= 0.3 is 0 Å². The number of methoxy groups -OCH3 is 1. The first-order valence-electron chi connectivity index (χ1n) is 7.62. The van der Waals surface area contributed by atoms with Crippen LogP contribution in [0.1, 0.15) is 52.9 Å². The first-order valence-corrected chi connectivity index (χ1v) is 7.62. The van der Waals surface area contributed by atoms with Gasteiger partial charge in [0.05, 0.1) is 0 Å². The maximum atomic E-state index is 12.6. The minimum Gasteiger partial charge on any atom is -0.385 e. The fraction of sp³-hybridized carbons (Fsp3) is 0.867. The third kappa shape index (κ3) is 3.72. The van der Waals surface area contributed by atoms with E-state index in [1.165, 1.54) is 0 Å². The molecule has 2 unspecified atom stereocenters. The normalized spacial score (nSPS) is 26.8. The average molecular weight is 284 g/mol. The first-order chi connectivity index (χ1) is 9.50. The number of rotatable bonds is 8. The first kappa shape index (κ1) is 17.0. The Morgan fingerprint density at radius 1 is 1.25 bits per heavy atom. The Morgan fingerprint density at radius 3 is 2.50 bits per heavy atom. The standard InChI is InChI=1S/C15H28N2O3/c1-5-12-13(18)16-15(3,6-2)14(19)17(12)10-8-7-9-11-20-4/h12H,5-11H2,1-4H3,(H,16,18). The molecule has 1 N–H and O–H groups in total. The van der Waals surface area contributed by atoms with E-state index in [9.17, 15) is 9.59 Å². The lowest BCUT2D eigenvalue weighted by Gasteiger charge is -2.44. The quantitative estimate of drug-likeness (QED) is 0.690. The highest BCUT2D eigenvalue weighted by molar-refractivity contribution is 5.99. The van der Waals surface area contributed by atoms with Gasteiger partial charge in [-0.3, -0.25) is 9.59 Å². The van der Waals surface area contributed by atoms with Crippen LogP contribution in [-0.4, -0.2) is 48.6 Å². The predicted octanol–water partition coefficient (Wildman–Crippen LogP) is 1.71. The summed E-state index contributed by atoms with van der Waals surface area (Å²) in [5.41, 5.74) is -0.741. The van der Waals surface area contributed by atoms with E-state index in [4.69, 9.17) is 4.74 Å². The molecule has 0 aromatic heterocycles. The van der Waals surface area contributed by atoms with Gasteiger partial charge in [-0.1, -0.05) is 13.8 Å². The summed E-state index contributed by atoms with van der Waals surface area (Å²) >= 11 is 0. The van der Waals surface area contributed by atoms with E-state index in [1.807, 2.05) is 20.8 Å². The van der Waals surface area contributed by atoms with E-state index in [2.05, 4.69) is 5.32 Å². The van der Waals surface area contributed by atoms with E-state index in [1.54, 1.807) is 12.0 Å². The summed E-state index contributed by atoms with van der Waals surface area (Å²) in [5.74, 6) is 0.0338. The molecule has 0 saturated carbocycles. The lowest BCUT2D eigenvalue weighted by Crippen LogP contribution is -2.68. The number of carbonyl (C=O) groups is 2. The number of unbranched alkanes of at least 4 members (excludes halogenated alkanes) is 2. The van der Waals surface area contributed by atoms with E-state index in [-0.39, 0.29) is 17.9 Å². The SMILES string of the molecule is CCC1C(=O)NC(C)(CC)C(=O)N1CCCCCOC. The second-order valence-corrected chi connectivity index (χ2v) is 5.65. The average Bonchev–Trinajstić information content (AvgIpc) is 2.43. The summed E-state index contributed by atoms with van der Waals surface area (Å²) < 4.78 is 5.02. The van der Waals surface area contributed by atoms with Gasteiger partial charge in [-0.15, -0.1) is 0 Å². The van der Waals surface area contributed by atoms with Gasteiger partial charge in [0, 0.05) is 20.3 Å². The van der Waals surface area contributed by atoms with Gasteiger partial charge in [-0.2, -0.15) is 0 Å². The number of hydrogen-bond donors (Lipinski definition) is 1. The molecule has 0 aliphatic carbocycles. The van der Waals surface area contributed by atoms with E-state index in [0.717, 1.165) is 25.9 Å². The van der Waals surface area contributed by atoms with Gasteiger partial charge in [0.1, 0.15) is 11.6 Å². The molecule has 1 rings (SSSR count). The van der Waals surface area contributed by atoms with Crippen LogP contribution >= 0.6 is 0 Å². The molecule has 5 heteroatoms. The van der Waals surface area contributed by atoms with Crippen LogP contribution in [0, 0.1) is 0 Å². The third-order valence-corrected chi connectivity index (χ3v) is 4.15. The van der Waals surface area contributed by atoms with Crippen LogP contribution in [-0.2, 0) is 14.3 Å². The van der Waals surface area contributed by atoms with Crippen molar-refractivity contribution < 1.29 is 14.3 Å². The number of amides is 2. The summed E-state index contributed by atoms with van der Waals surface area (Å²) in [6.45, 7) is 7.10. The van der Waals surface area contributed by atoms with Gasteiger partial charge in [-0.05, 0) is 39.0 Å². The van der Waals surface area contributed by atoms with Crippen molar-refractivity contribution in [1.82, 2.24) is 10.2 Å². The van der Waals surface area contributed by atoms with Crippen LogP contribution < -0.4 is 5.32 Å². The lowest BCUT2D eigenvalue weighted by molar-refractivity contribution is -0.154. The molecular weight excluding hydrogens is 256 g/mol. The molecular formula is C15H28N2O3. The number of nitrogens with one attached hydrogen (secondary N) is 1. The van der Waals surface area contributed by atoms with Crippen LogP contribution in [0.2, 0.25) is 0 Å². The molecule has 1 fully saturated rings. The molecule has 0 aromatic carbocycles. The summed E-state index contributed by atoms with van der Waals surface area (Å²) in [6.07, 6.45) is 4.20. The predicted molar refractivity (Wildman–Crippen MR) is 78.4 cm³/mol. The molecule has 1 aliphatic rings. The number of piperazine rings is 1. The molecule has 5 nitrogen and oxygen atoms in total. The van der Waals surface area contributed by atoms with Crippen molar-refractivity contribution in [3.05, 3.63) is 0 Å². The number of carbonyl (C=O) groups excluding carboxylic acids is 2. The molecule has 1 saturated heterocycles. The second-order valence-electron chi connectivity index (χ2n) is 5.65. The van der Waals surface area contributed by atoms with E-state index < -0.39 is 5.54 Å². The fourth-order valence-corrected chi connectivity index (χ4v) is 2.62. The Morgan fingerprint density at radius 2 is 1.95 bits per heavy atom. The molecule has 0 radical (unpaired) electrons. The van der Waals surface area contributed by atoms with Gasteiger partial charge in [0.2, 0.25) is 11.8 Å². The minimum atomic E-state index is -0.741. The van der Waals surface area contributed by atoms with Crippen molar-refractivity contribution in [2.75, 3.05) is 20.3 Å².